The summed E-state index contributed by atoms with van der Waals surface area (Å²) in [4.78, 5) is 0. The molecule has 0 heterocycles. The molecule has 1 fully saturated rings. The highest BCUT2D eigenvalue weighted by atomic mass is 16.7. The smallest absolute Gasteiger partial charge is 0.167 e. The Morgan fingerprint density at radius 3 is 2.35 bits per heavy atom. The van der Waals surface area contributed by atoms with Crippen LogP contribution >= 0.6 is 0 Å². The zero-order chi connectivity index (χ0) is 16.9. The van der Waals surface area contributed by atoms with Crippen molar-refractivity contribution in [3.8, 4) is 5.75 Å². The van der Waals surface area contributed by atoms with Crippen molar-refractivity contribution in [2.45, 2.75) is 51.2 Å². The van der Waals surface area contributed by atoms with Gasteiger partial charge in [-0.25, -0.2) is 0 Å². The summed E-state index contributed by atoms with van der Waals surface area (Å²) in [6.45, 7) is 5.48. The van der Waals surface area contributed by atoms with Crippen molar-refractivity contribution < 1.29 is 14.2 Å². The molecule has 1 saturated carbocycles. The van der Waals surface area contributed by atoms with Gasteiger partial charge < -0.3 is 19.9 Å². The predicted octanol–water partition coefficient (Wildman–Crippen LogP) is 3.62. The Labute approximate surface area is 140 Å². The van der Waals surface area contributed by atoms with Gasteiger partial charge in [0.2, 0.25) is 0 Å². The van der Waals surface area contributed by atoms with Crippen molar-refractivity contribution >= 4 is 0 Å². The van der Waals surface area contributed by atoms with E-state index in [0.29, 0.717) is 25.0 Å². The standard InChI is InChI=1S/C19H31NO3/c1-5-23-18-7-6-16(12-14(18)2)17(13-20)15-8-10-19(21-3,22-4)11-9-15/h6-7,12,15,17H,5,8-11,13,20H2,1-4H3. The van der Waals surface area contributed by atoms with Crippen LogP contribution in [-0.2, 0) is 9.47 Å². The Morgan fingerprint density at radius 1 is 1.22 bits per heavy atom. The number of methoxy groups -OCH3 is 2. The molecule has 130 valence electrons. The van der Waals surface area contributed by atoms with Gasteiger partial charge in [-0.1, -0.05) is 12.1 Å². The first-order valence-electron chi connectivity index (χ1n) is 8.62. The summed E-state index contributed by atoms with van der Waals surface area (Å²) in [5.41, 5.74) is 8.62. The molecule has 0 spiro atoms. The molecule has 0 amide bonds. The highest BCUT2D eigenvalue weighted by Crippen LogP contribution is 2.41. The lowest BCUT2D eigenvalue weighted by Gasteiger charge is -2.40. The fourth-order valence-electron chi connectivity index (χ4n) is 3.80. The van der Waals surface area contributed by atoms with Crippen molar-refractivity contribution in [1.82, 2.24) is 0 Å². The molecule has 4 nitrogen and oxygen atoms in total. The fourth-order valence-corrected chi connectivity index (χ4v) is 3.80. The summed E-state index contributed by atoms with van der Waals surface area (Å²) >= 11 is 0. The number of hydrogen-bond donors (Lipinski definition) is 1. The van der Waals surface area contributed by atoms with Gasteiger partial charge >= 0.3 is 0 Å². The normalized spacial score (nSPS) is 19.5. The van der Waals surface area contributed by atoms with Crippen molar-refractivity contribution in [1.29, 1.82) is 0 Å². The van der Waals surface area contributed by atoms with Crippen molar-refractivity contribution in [3.63, 3.8) is 0 Å². The maximum atomic E-state index is 6.12. The van der Waals surface area contributed by atoms with Crippen LogP contribution in [0, 0.1) is 12.8 Å². The number of ether oxygens (including phenoxy) is 3. The Kier molecular flexibility index (Phi) is 6.45. The van der Waals surface area contributed by atoms with Gasteiger partial charge in [-0.2, -0.15) is 0 Å². The van der Waals surface area contributed by atoms with E-state index in [2.05, 4.69) is 25.1 Å². The van der Waals surface area contributed by atoms with Crippen LogP contribution in [0.5, 0.6) is 5.75 Å². The van der Waals surface area contributed by atoms with Gasteiger partial charge in [0, 0.05) is 27.1 Å². The van der Waals surface area contributed by atoms with E-state index in [1.54, 1.807) is 14.2 Å². The summed E-state index contributed by atoms with van der Waals surface area (Å²) in [7, 11) is 3.47. The van der Waals surface area contributed by atoms with Crippen LogP contribution in [0.2, 0.25) is 0 Å². The Morgan fingerprint density at radius 2 is 1.87 bits per heavy atom. The van der Waals surface area contributed by atoms with E-state index in [1.807, 2.05) is 6.92 Å². The van der Waals surface area contributed by atoms with Crippen LogP contribution in [0.1, 0.15) is 49.7 Å². The van der Waals surface area contributed by atoms with Gasteiger partial charge in [0.1, 0.15) is 5.75 Å². The first kappa shape index (κ1) is 18.2. The zero-order valence-electron chi connectivity index (χ0n) is 14.9. The maximum absolute atomic E-state index is 6.12. The van der Waals surface area contributed by atoms with E-state index in [-0.39, 0.29) is 0 Å². The van der Waals surface area contributed by atoms with Crippen molar-refractivity contribution in [3.05, 3.63) is 29.3 Å². The van der Waals surface area contributed by atoms with Gasteiger partial charge in [-0.3, -0.25) is 0 Å². The van der Waals surface area contributed by atoms with E-state index in [0.717, 1.165) is 31.4 Å². The largest absolute Gasteiger partial charge is 0.494 e. The van der Waals surface area contributed by atoms with E-state index < -0.39 is 5.79 Å². The van der Waals surface area contributed by atoms with Crippen LogP contribution < -0.4 is 10.5 Å². The third-order valence-electron chi connectivity index (χ3n) is 5.29. The van der Waals surface area contributed by atoms with Gasteiger partial charge in [-0.05, 0) is 62.3 Å². The Hall–Kier alpha value is -1.10. The average molecular weight is 321 g/mol. The molecule has 0 aliphatic heterocycles. The van der Waals surface area contributed by atoms with Crippen LogP contribution in [0.15, 0.2) is 18.2 Å². The summed E-state index contributed by atoms with van der Waals surface area (Å²) in [6, 6.07) is 6.48. The lowest BCUT2D eigenvalue weighted by atomic mass is 9.74. The molecule has 1 aliphatic rings. The van der Waals surface area contributed by atoms with Gasteiger partial charge in [0.05, 0.1) is 6.61 Å². The zero-order valence-corrected chi connectivity index (χ0v) is 14.9. The summed E-state index contributed by atoms with van der Waals surface area (Å²) < 4.78 is 16.8. The average Bonchev–Trinajstić information content (AvgIpc) is 2.59. The second-order valence-electron chi connectivity index (χ2n) is 6.46. The minimum absolute atomic E-state index is 0.385. The lowest BCUT2D eigenvalue weighted by Crippen LogP contribution is -2.40. The van der Waals surface area contributed by atoms with Crippen molar-refractivity contribution in [2.75, 3.05) is 27.4 Å². The Bertz CT molecular complexity index is 489. The molecular formula is C19H31NO3. The molecule has 1 aromatic rings. The number of hydrogen-bond acceptors (Lipinski definition) is 4. The first-order valence-corrected chi connectivity index (χ1v) is 8.62. The molecule has 23 heavy (non-hydrogen) atoms. The molecular weight excluding hydrogens is 290 g/mol. The van der Waals surface area contributed by atoms with Crippen LogP contribution in [-0.4, -0.2) is 33.2 Å². The molecule has 2 N–H and O–H groups in total. The molecule has 0 bridgehead atoms. The topological polar surface area (TPSA) is 53.7 Å². The third-order valence-corrected chi connectivity index (χ3v) is 5.29. The number of rotatable bonds is 7. The second-order valence-corrected chi connectivity index (χ2v) is 6.46. The van der Waals surface area contributed by atoms with Gasteiger partial charge in [0.25, 0.3) is 0 Å². The molecule has 2 rings (SSSR count). The molecule has 1 aliphatic carbocycles. The third kappa shape index (κ3) is 4.06. The molecule has 1 unspecified atom stereocenters. The predicted molar refractivity (Wildman–Crippen MR) is 92.9 cm³/mol. The highest BCUT2D eigenvalue weighted by Gasteiger charge is 2.37. The van der Waals surface area contributed by atoms with Crippen LogP contribution in [0.3, 0.4) is 0 Å². The summed E-state index contributed by atoms with van der Waals surface area (Å²) in [6.07, 6.45) is 4.01. The molecule has 0 radical (unpaired) electrons. The van der Waals surface area contributed by atoms with Gasteiger partial charge in [0.15, 0.2) is 5.79 Å². The summed E-state index contributed by atoms with van der Waals surface area (Å²) in [5.74, 6) is 1.53. The highest BCUT2D eigenvalue weighted by molar-refractivity contribution is 5.38. The number of benzene rings is 1. The maximum Gasteiger partial charge on any atom is 0.167 e. The quantitative estimate of drug-likeness (QED) is 0.779. The Balaban J connectivity index is 2.10. The fraction of sp³-hybridized carbons (Fsp3) is 0.684. The molecule has 4 heteroatoms. The first-order chi connectivity index (χ1) is 11.1. The number of aryl methyl sites for hydroxylation is 1. The number of nitrogens with two attached hydrogens (primary N) is 1. The van der Waals surface area contributed by atoms with Gasteiger partial charge in [-0.15, -0.1) is 0 Å². The molecule has 1 atom stereocenters. The van der Waals surface area contributed by atoms with E-state index in [1.165, 1.54) is 11.1 Å². The van der Waals surface area contributed by atoms with E-state index >= 15 is 0 Å². The minimum atomic E-state index is -0.398. The monoisotopic (exact) mass is 321 g/mol. The lowest BCUT2D eigenvalue weighted by molar-refractivity contribution is -0.228. The SMILES string of the molecule is CCOc1ccc(C(CN)C2CCC(OC)(OC)CC2)cc1C. The van der Waals surface area contributed by atoms with Crippen LogP contribution in [0.4, 0.5) is 0 Å². The van der Waals surface area contributed by atoms with Crippen LogP contribution in [0.25, 0.3) is 0 Å². The summed E-state index contributed by atoms with van der Waals surface area (Å²) in [5, 5.41) is 0. The molecule has 1 aromatic carbocycles. The van der Waals surface area contributed by atoms with Crippen molar-refractivity contribution in [2.24, 2.45) is 11.7 Å². The second kappa shape index (κ2) is 8.13. The van der Waals surface area contributed by atoms with E-state index in [4.69, 9.17) is 19.9 Å². The minimum Gasteiger partial charge on any atom is -0.494 e. The van der Waals surface area contributed by atoms with E-state index in [9.17, 15) is 0 Å². The molecule has 0 aromatic heterocycles. The molecule has 0 saturated heterocycles.